The molecule has 1 aliphatic rings. The fourth-order valence-electron chi connectivity index (χ4n) is 2.67. The fourth-order valence-corrected chi connectivity index (χ4v) is 4.98. The van der Waals surface area contributed by atoms with Gasteiger partial charge in [-0.1, -0.05) is 32.4 Å². The van der Waals surface area contributed by atoms with E-state index in [2.05, 4.69) is 5.32 Å². The molecule has 1 N–H and O–H groups in total. The molecule has 1 aliphatic heterocycles. The summed E-state index contributed by atoms with van der Waals surface area (Å²) in [6.07, 6.45) is 1.31. The summed E-state index contributed by atoms with van der Waals surface area (Å²) in [6.45, 7) is 4.53. The standard InChI is InChI=1S/C13H18FNO2S/c1-3-6-11-12(15-4-2)9-7-5-8-10(14)13(9)18(11,16)17/h5,7-8,11-12,15H,3-4,6H2,1-2H3. The number of benzene rings is 1. The van der Waals surface area contributed by atoms with Crippen molar-refractivity contribution in [2.24, 2.45) is 0 Å². The zero-order valence-electron chi connectivity index (χ0n) is 10.6. The van der Waals surface area contributed by atoms with E-state index in [4.69, 9.17) is 0 Å². The zero-order valence-corrected chi connectivity index (χ0v) is 11.4. The van der Waals surface area contributed by atoms with Crippen LogP contribution in [-0.2, 0) is 9.84 Å². The Morgan fingerprint density at radius 3 is 2.67 bits per heavy atom. The van der Waals surface area contributed by atoms with E-state index in [-0.39, 0.29) is 10.9 Å². The average molecular weight is 271 g/mol. The molecule has 5 heteroatoms. The summed E-state index contributed by atoms with van der Waals surface area (Å²) < 4.78 is 38.6. The Labute approximate surface area is 107 Å². The van der Waals surface area contributed by atoms with E-state index in [1.54, 1.807) is 12.1 Å². The minimum Gasteiger partial charge on any atom is -0.309 e. The van der Waals surface area contributed by atoms with Crippen LogP contribution in [0.15, 0.2) is 23.1 Å². The molecule has 0 bridgehead atoms. The first-order chi connectivity index (χ1) is 8.54. The molecule has 0 spiro atoms. The molecule has 1 aromatic carbocycles. The third-order valence-corrected chi connectivity index (χ3v) is 5.69. The lowest BCUT2D eigenvalue weighted by Gasteiger charge is -2.19. The first-order valence-electron chi connectivity index (χ1n) is 6.29. The number of nitrogens with one attached hydrogen (secondary N) is 1. The van der Waals surface area contributed by atoms with Gasteiger partial charge in [-0.3, -0.25) is 0 Å². The number of halogens is 1. The van der Waals surface area contributed by atoms with E-state index in [0.717, 1.165) is 6.42 Å². The highest BCUT2D eigenvalue weighted by Crippen LogP contribution is 2.42. The molecule has 0 saturated heterocycles. The lowest BCUT2D eigenvalue weighted by molar-refractivity contribution is 0.492. The Bertz CT molecular complexity index is 542. The number of fused-ring (bicyclic) bond motifs is 1. The lowest BCUT2D eigenvalue weighted by Crippen LogP contribution is -2.31. The van der Waals surface area contributed by atoms with Crippen LogP contribution in [0.1, 0.15) is 38.3 Å². The smallest absolute Gasteiger partial charge is 0.186 e. The summed E-state index contributed by atoms with van der Waals surface area (Å²) in [5, 5.41) is 2.63. The van der Waals surface area contributed by atoms with Crippen LogP contribution in [-0.4, -0.2) is 20.2 Å². The van der Waals surface area contributed by atoms with E-state index in [9.17, 15) is 12.8 Å². The molecule has 0 saturated carbocycles. The minimum atomic E-state index is -3.55. The van der Waals surface area contributed by atoms with Crippen LogP contribution < -0.4 is 5.32 Å². The van der Waals surface area contributed by atoms with Gasteiger partial charge in [-0.2, -0.15) is 0 Å². The third kappa shape index (κ3) is 1.95. The van der Waals surface area contributed by atoms with Crippen LogP contribution in [0.3, 0.4) is 0 Å². The summed E-state index contributed by atoms with van der Waals surface area (Å²) >= 11 is 0. The van der Waals surface area contributed by atoms with E-state index in [1.165, 1.54) is 6.07 Å². The van der Waals surface area contributed by atoms with Crippen molar-refractivity contribution in [3.8, 4) is 0 Å². The van der Waals surface area contributed by atoms with Gasteiger partial charge in [0.05, 0.1) is 11.3 Å². The summed E-state index contributed by atoms with van der Waals surface area (Å²) in [7, 11) is -3.55. The number of sulfone groups is 1. The maximum Gasteiger partial charge on any atom is 0.186 e. The molecular formula is C13H18FNO2S. The van der Waals surface area contributed by atoms with E-state index >= 15 is 0 Å². The second-order valence-corrected chi connectivity index (χ2v) is 6.67. The largest absolute Gasteiger partial charge is 0.309 e. The number of hydrogen-bond acceptors (Lipinski definition) is 3. The van der Waals surface area contributed by atoms with Crippen molar-refractivity contribution < 1.29 is 12.8 Å². The predicted octanol–water partition coefficient (Wildman–Crippen LogP) is 2.43. The summed E-state index contributed by atoms with van der Waals surface area (Å²) in [5.74, 6) is -0.631. The molecule has 0 amide bonds. The zero-order chi connectivity index (χ0) is 13.3. The molecular weight excluding hydrogens is 253 g/mol. The average Bonchev–Trinajstić information content (AvgIpc) is 2.52. The van der Waals surface area contributed by atoms with Crippen molar-refractivity contribution in [2.75, 3.05) is 6.54 Å². The topological polar surface area (TPSA) is 46.2 Å². The molecule has 0 aliphatic carbocycles. The Balaban J connectivity index is 2.59. The molecule has 0 fully saturated rings. The highest BCUT2D eigenvalue weighted by atomic mass is 32.2. The number of hydrogen-bond donors (Lipinski definition) is 1. The molecule has 2 unspecified atom stereocenters. The second-order valence-electron chi connectivity index (χ2n) is 4.57. The maximum absolute atomic E-state index is 13.8. The Morgan fingerprint density at radius 1 is 1.33 bits per heavy atom. The molecule has 2 rings (SSSR count). The fraction of sp³-hybridized carbons (Fsp3) is 0.538. The van der Waals surface area contributed by atoms with Crippen molar-refractivity contribution in [2.45, 2.75) is 42.9 Å². The summed E-state index contributed by atoms with van der Waals surface area (Å²) in [4.78, 5) is -0.102. The van der Waals surface area contributed by atoms with E-state index < -0.39 is 20.9 Å². The van der Waals surface area contributed by atoms with Gasteiger partial charge in [-0.25, -0.2) is 12.8 Å². The van der Waals surface area contributed by atoms with Crippen LogP contribution in [0.25, 0.3) is 0 Å². The van der Waals surface area contributed by atoms with E-state index in [0.29, 0.717) is 18.5 Å². The summed E-state index contributed by atoms with van der Waals surface area (Å²) in [5.41, 5.74) is 0.579. The van der Waals surface area contributed by atoms with Gasteiger partial charge >= 0.3 is 0 Å². The molecule has 1 aromatic rings. The second kappa shape index (κ2) is 4.97. The van der Waals surface area contributed by atoms with E-state index in [1.807, 2.05) is 13.8 Å². The van der Waals surface area contributed by atoms with Gasteiger partial charge < -0.3 is 5.32 Å². The van der Waals surface area contributed by atoms with Crippen LogP contribution in [0, 0.1) is 5.82 Å². The highest BCUT2D eigenvalue weighted by molar-refractivity contribution is 7.92. The van der Waals surface area contributed by atoms with Crippen LogP contribution in [0.2, 0.25) is 0 Å². The molecule has 100 valence electrons. The molecule has 0 radical (unpaired) electrons. The predicted molar refractivity (Wildman–Crippen MR) is 68.7 cm³/mol. The van der Waals surface area contributed by atoms with Crippen molar-refractivity contribution in [3.05, 3.63) is 29.6 Å². The third-order valence-electron chi connectivity index (χ3n) is 3.38. The molecule has 2 atom stereocenters. The number of rotatable bonds is 4. The van der Waals surface area contributed by atoms with Gasteiger partial charge in [-0.05, 0) is 24.6 Å². The lowest BCUT2D eigenvalue weighted by atomic mass is 10.0. The van der Waals surface area contributed by atoms with Crippen LogP contribution in [0.5, 0.6) is 0 Å². The highest BCUT2D eigenvalue weighted by Gasteiger charge is 2.45. The van der Waals surface area contributed by atoms with Gasteiger partial charge in [0, 0.05) is 0 Å². The van der Waals surface area contributed by atoms with Gasteiger partial charge in [-0.15, -0.1) is 0 Å². The Kier molecular flexibility index (Phi) is 3.73. The van der Waals surface area contributed by atoms with Gasteiger partial charge in [0.2, 0.25) is 0 Å². The SMILES string of the molecule is CCCC1C(NCC)c2cccc(F)c2S1(=O)=O. The quantitative estimate of drug-likeness (QED) is 0.915. The van der Waals surface area contributed by atoms with Gasteiger partial charge in [0.1, 0.15) is 10.7 Å². The van der Waals surface area contributed by atoms with Crippen molar-refractivity contribution in [1.29, 1.82) is 0 Å². The first kappa shape index (κ1) is 13.5. The minimum absolute atomic E-state index is 0.102. The maximum atomic E-state index is 13.8. The molecule has 1 heterocycles. The first-order valence-corrected chi connectivity index (χ1v) is 7.84. The van der Waals surface area contributed by atoms with Crippen LogP contribution >= 0.6 is 0 Å². The normalized spacial score (nSPS) is 25.1. The van der Waals surface area contributed by atoms with Gasteiger partial charge in [0.15, 0.2) is 9.84 Å². The molecule has 3 nitrogen and oxygen atoms in total. The van der Waals surface area contributed by atoms with Gasteiger partial charge in [0.25, 0.3) is 0 Å². The molecule has 18 heavy (non-hydrogen) atoms. The van der Waals surface area contributed by atoms with Crippen LogP contribution in [0.4, 0.5) is 4.39 Å². The van der Waals surface area contributed by atoms with Crippen molar-refractivity contribution in [3.63, 3.8) is 0 Å². The van der Waals surface area contributed by atoms with Crippen molar-refractivity contribution >= 4 is 9.84 Å². The Morgan fingerprint density at radius 2 is 2.06 bits per heavy atom. The summed E-state index contributed by atoms with van der Waals surface area (Å²) in [6, 6.07) is 4.21. The Hall–Kier alpha value is -0.940. The van der Waals surface area contributed by atoms with Crippen molar-refractivity contribution in [1.82, 2.24) is 5.32 Å². The molecule has 0 aromatic heterocycles. The monoisotopic (exact) mass is 271 g/mol.